The van der Waals surface area contributed by atoms with Gasteiger partial charge in [-0.3, -0.25) is 0 Å². The molecule has 0 bridgehead atoms. The molecule has 0 spiro atoms. The van der Waals surface area contributed by atoms with Crippen molar-refractivity contribution in [3.63, 3.8) is 0 Å². The molecule has 1 aromatic heterocycles. The number of hydrogen-bond acceptors (Lipinski definition) is 5. The summed E-state index contributed by atoms with van der Waals surface area (Å²) in [5.74, 6) is 2.09. The number of tetrazole rings is 1. The Kier molecular flexibility index (Phi) is 5.52. The Balaban J connectivity index is 1.77. The zero-order valence-corrected chi connectivity index (χ0v) is 18.3. The third kappa shape index (κ3) is 3.59. The predicted octanol–water partition coefficient (Wildman–Crippen LogP) is 4.79. The van der Waals surface area contributed by atoms with Gasteiger partial charge in [-0.05, 0) is 100 Å². The van der Waals surface area contributed by atoms with Gasteiger partial charge in [-0.2, -0.15) is 4.68 Å². The van der Waals surface area contributed by atoms with Gasteiger partial charge < -0.3 is 10.1 Å². The molecule has 1 aliphatic carbocycles. The lowest BCUT2D eigenvalue weighted by Gasteiger charge is -2.42. The molecule has 0 radical (unpaired) electrons. The highest BCUT2D eigenvalue weighted by Gasteiger charge is 2.44. The van der Waals surface area contributed by atoms with E-state index >= 15 is 0 Å². The standard InChI is InChI=1S/C21H24IN5O/c1-15-5-3-4-14-21(15,23-17-8-6-16(22)7-9-17)20-24-25-26-27(20)18-10-12-19(28-2)13-11-18/h6-13,15,23H,3-5,14H2,1-2H3/t15-,21+/m1/s1. The fourth-order valence-corrected chi connectivity index (χ4v) is 4.43. The molecule has 146 valence electrons. The first-order valence-electron chi connectivity index (χ1n) is 9.59. The fourth-order valence-electron chi connectivity index (χ4n) is 4.07. The highest BCUT2D eigenvalue weighted by atomic mass is 127. The second kappa shape index (κ2) is 8.06. The number of anilines is 1. The highest BCUT2D eigenvalue weighted by Crippen LogP contribution is 2.43. The molecule has 1 saturated carbocycles. The van der Waals surface area contributed by atoms with E-state index in [1.807, 2.05) is 28.9 Å². The fraction of sp³-hybridized carbons (Fsp3) is 0.381. The van der Waals surface area contributed by atoms with Gasteiger partial charge in [-0.1, -0.05) is 19.8 Å². The molecular formula is C21H24IN5O. The van der Waals surface area contributed by atoms with Gasteiger partial charge in [0.2, 0.25) is 0 Å². The molecule has 2 atom stereocenters. The average molecular weight is 489 g/mol. The first kappa shape index (κ1) is 19.2. The van der Waals surface area contributed by atoms with Crippen LogP contribution in [0.15, 0.2) is 48.5 Å². The summed E-state index contributed by atoms with van der Waals surface area (Å²) >= 11 is 2.33. The van der Waals surface area contributed by atoms with Crippen molar-refractivity contribution in [1.29, 1.82) is 0 Å². The Morgan fingerprint density at radius 3 is 2.54 bits per heavy atom. The van der Waals surface area contributed by atoms with Gasteiger partial charge >= 0.3 is 0 Å². The summed E-state index contributed by atoms with van der Waals surface area (Å²) in [6.07, 6.45) is 4.53. The van der Waals surface area contributed by atoms with Gasteiger partial charge in [0.1, 0.15) is 11.3 Å². The largest absolute Gasteiger partial charge is 0.497 e. The van der Waals surface area contributed by atoms with E-state index in [1.165, 1.54) is 9.99 Å². The number of methoxy groups -OCH3 is 1. The van der Waals surface area contributed by atoms with Crippen LogP contribution >= 0.6 is 22.6 Å². The summed E-state index contributed by atoms with van der Waals surface area (Å²) in [7, 11) is 1.67. The number of ether oxygens (including phenoxy) is 1. The van der Waals surface area contributed by atoms with Crippen LogP contribution in [-0.2, 0) is 5.54 Å². The van der Waals surface area contributed by atoms with Crippen molar-refractivity contribution < 1.29 is 4.74 Å². The van der Waals surface area contributed by atoms with Crippen LogP contribution in [0.25, 0.3) is 5.69 Å². The number of nitrogens with one attached hydrogen (secondary N) is 1. The normalized spacial score (nSPS) is 22.0. The van der Waals surface area contributed by atoms with Gasteiger partial charge in [0, 0.05) is 9.26 Å². The summed E-state index contributed by atoms with van der Waals surface area (Å²) in [4.78, 5) is 0. The van der Waals surface area contributed by atoms with Crippen molar-refractivity contribution >= 4 is 28.3 Å². The van der Waals surface area contributed by atoms with E-state index in [2.05, 4.69) is 74.6 Å². The SMILES string of the molecule is COc1ccc(-n2nnnc2[C@]2(Nc3ccc(I)cc3)CCCC[C@H]2C)cc1. The van der Waals surface area contributed by atoms with Gasteiger partial charge in [0.15, 0.2) is 5.82 Å². The van der Waals surface area contributed by atoms with Crippen molar-refractivity contribution in [2.24, 2.45) is 5.92 Å². The molecule has 3 aromatic rings. The maximum absolute atomic E-state index is 5.28. The highest BCUT2D eigenvalue weighted by molar-refractivity contribution is 14.1. The molecule has 28 heavy (non-hydrogen) atoms. The summed E-state index contributed by atoms with van der Waals surface area (Å²) in [6, 6.07) is 16.4. The Bertz CT molecular complexity index is 925. The van der Waals surface area contributed by atoms with Crippen LogP contribution in [-0.4, -0.2) is 27.3 Å². The minimum atomic E-state index is -0.311. The van der Waals surface area contributed by atoms with Crippen LogP contribution < -0.4 is 10.1 Å². The van der Waals surface area contributed by atoms with E-state index < -0.39 is 0 Å². The van der Waals surface area contributed by atoms with Crippen LogP contribution in [0.1, 0.15) is 38.4 Å². The van der Waals surface area contributed by atoms with Crippen molar-refractivity contribution in [3.8, 4) is 11.4 Å². The van der Waals surface area contributed by atoms with E-state index in [4.69, 9.17) is 4.74 Å². The van der Waals surface area contributed by atoms with Crippen molar-refractivity contribution in [3.05, 3.63) is 57.9 Å². The first-order chi connectivity index (χ1) is 13.6. The first-order valence-corrected chi connectivity index (χ1v) is 10.7. The molecule has 6 nitrogen and oxygen atoms in total. The van der Waals surface area contributed by atoms with E-state index in [9.17, 15) is 0 Å². The summed E-state index contributed by atoms with van der Waals surface area (Å²) in [5.41, 5.74) is 1.72. The summed E-state index contributed by atoms with van der Waals surface area (Å²) in [5, 5.41) is 16.7. The maximum atomic E-state index is 5.28. The summed E-state index contributed by atoms with van der Waals surface area (Å²) in [6.45, 7) is 2.30. The Hall–Kier alpha value is -2.16. The maximum Gasteiger partial charge on any atom is 0.182 e. The number of nitrogens with zero attached hydrogens (tertiary/aromatic N) is 4. The molecule has 1 heterocycles. The zero-order valence-electron chi connectivity index (χ0n) is 16.1. The molecule has 0 unspecified atom stereocenters. The third-order valence-corrected chi connectivity index (χ3v) is 6.42. The number of halogens is 1. The van der Waals surface area contributed by atoms with Gasteiger partial charge in [-0.25, -0.2) is 0 Å². The van der Waals surface area contributed by atoms with Crippen molar-refractivity contribution in [2.75, 3.05) is 12.4 Å². The molecule has 1 fully saturated rings. The quantitative estimate of drug-likeness (QED) is 0.522. The van der Waals surface area contributed by atoms with Crippen LogP contribution in [0.3, 0.4) is 0 Å². The summed E-state index contributed by atoms with van der Waals surface area (Å²) < 4.78 is 8.37. The smallest absolute Gasteiger partial charge is 0.182 e. The van der Waals surface area contributed by atoms with E-state index in [-0.39, 0.29) is 5.54 Å². The topological polar surface area (TPSA) is 64.9 Å². The molecule has 7 heteroatoms. The molecule has 2 aromatic carbocycles. The minimum absolute atomic E-state index is 0.311. The predicted molar refractivity (Wildman–Crippen MR) is 118 cm³/mol. The Labute approximate surface area is 178 Å². The second-order valence-electron chi connectivity index (χ2n) is 7.36. The monoisotopic (exact) mass is 489 g/mol. The van der Waals surface area contributed by atoms with Crippen molar-refractivity contribution in [1.82, 2.24) is 20.2 Å². The lowest BCUT2D eigenvalue weighted by atomic mass is 9.72. The van der Waals surface area contributed by atoms with E-state index in [1.54, 1.807) is 7.11 Å². The zero-order chi connectivity index (χ0) is 19.6. The number of rotatable bonds is 5. The second-order valence-corrected chi connectivity index (χ2v) is 8.61. The van der Waals surface area contributed by atoms with Gasteiger partial charge in [-0.15, -0.1) is 5.10 Å². The van der Waals surface area contributed by atoms with E-state index in [0.29, 0.717) is 5.92 Å². The van der Waals surface area contributed by atoms with Crippen LogP contribution in [0.4, 0.5) is 5.69 Å². The lowest BCUT2D eigenvalue weighted by Crippen LogP contribution is -2.46. The molecule has 0 aliphatic heterocycles. The Morgan fingerprint density at radius 1 is 1.11 bits per heavy atom. The molecular weight excluding hydrogens is 465 g/mol. The molecule has 4 rings (SSSR count). The minimum Gasteiger partial charge on any atom is -0.497 e. The molecule has 0 saturated heterocycles. The average Bonchev–Trinajstić information content (AvgIpc) is 3.22. The number of aromatic nitrogens is 4. The van der Waals surface area contributed by atoms with E-state index in [0.717, 1.165) is 42.2 Å². The Morgan fingerprint density at radius 2 is 1.86 bits per heavy atom. The van der Waals surface area contributed by atoms with Gasteiger partial charge in [0.25, 0.3) is 0 Å². The van der Waals surface area contributed by atoms with Crippen molar-refractivity contribution in [2.45, 2.75) is 38.1 Å². The van der Waals surface area contributed by atoms with Crippen LogP contribution in [0, 0.1) is 9.49 Å². The number of hydrogen-bond donors (Lipinski definition) is 1. The van der Waals surface area contributed by atoms with Crippen LogP contribution in [0.5, 0.6) is 5.75 Å². The number of benzene rings is 2. The molecule has 0 amide bonds. The van der Waals surface area contributed by atoms with Gasteiger partial charge in [0.05, 0.1) is 12.8 Å². The van der Waals surface area contributed by atoms with Crippen LogP contribution in [0.2, 0.25) is 0 Å². The lowest BCUT2D eigenvalue weighted by molar-refractivity contribution is 0.215. The third-order valence-electron chi connectivity index (χ3n) is 5.70. The molecule has 1 N–H and O–H groups in total. The molecule has 1 aliphatic rings.